The molecule has 4 heterocycles. The van der Waals surface area contributed by atoms with Crippen molar-refractivity contribution in [3.05, 3.63) is 30.2 Å². The Bertz CT molecular complexity index is 1040. The fourth-order valence-electron chi connectivity index (χ4n) is 3.53. The van der Waals surface area contributed by atoms with Gasteiger partial charge in [0.2, 0.25) is 11.8 Å². The van der Waals surface area contributed by atoms with Crippen LogP contribution in [0.25, 0.3) is 11.6 Å². The van der Waals surface area contributed by atoms with Crippen molar-refractivity contribution in [3.8, 4) is 11.6 Å². The molecular weight excluding hydrogens is 420 g/mol. The van der Waals surface area contributed by atoms with Gasteiger partial charge in [-0.25, -0.2) is 0 Å². The molecule has 1 aliphatic heterocycles. The Morgan fingerprint density at radius 1 is 1.29 bits per heavy atom. The van der Waals surface area contributed by atoms with Crippen LogP contribution in [0.3, 0.4) is 0 Å². The van der Waals surface area contributed by atoms with Crippen LogP contribution in [-0.2, 0) is 16.1 Å². The molecule has 0 bridgehead atoms. The highest BCUT2D eigenvalue weighted by molar-refractivity contribution is 7.99. The molecule has 31 heavy (non-hydrogen) atoms. The number of nitrogens with zero attached hydrogens (tertiary/aromatic N) is 5. The van der Waals surface area contributed by atoms with Crippen molar-refractivity contribution in [3.63, 3.8) is 0 Å². The van der Waals surface area contributed by atoms with Gasteiger partial charge in [0.1, 0.15) is 5.76 Å². The van der Waals surface area contributed by atoms with E-state index in [-0.39, 0.29) is 23.5 Å². The first-order valence-electron chi connectivity index (χ1n) is 10.2. The number of likely N-dealkylation sites (tertiary alicyclic amines) is 1. The van der Waals surface area contributed by atoms with E-state index < -0.39 is 0 Å². The average molecular weight is 445 g/mol. The molecule has 3 aromatic rings. The Hall–Kier alpha value is -3.08. The summed E-state index contributed by atoms with van der Waals surface area (Å²) in [5.41, 5.74) is 0. The van der Waals surface area contributed by atoms with Crippen molar-refractivity contribution >= 4 is 29.4 Å². The zero-order valence-corrected chi connectivity index (χ0v) is 18.2. The summed E-state index contributed by atoms with van der Waals surface area (Å²) in [6.07, 6.45) is 2.83. The van der Waals surface area contributed by atoms with E-state index in [2.05, 4.69) is 20.7 Å². The fraction of sp³-hybridized carbons (Fsp3) is 0.450. The van der Waals surface area contributed by atoms with Crippen LogP contribution in [0.15, 0.2) is 38.6 Å². The normalized spacial score (nSPS) is 14.7. The number of aromatic nitrogens is 4. The molecular formula is C20H24N6O4S. The van der Waals surface area contributed by atoms with Gasteiger partial charge in [0, 0.05) is 31.6 Å². The second-order valence-electron chi connectivity index (χ2n) is 7.28. The van der Waals surface area contributed by atoms with E-state index in [4.69, 9.17) is 8.94 Å². The van der Waals surface area contributed by atoms with Crippen molar-refractivity contribution in [2.75, 3.05) is 24.2 Å². The number of carbonyl (C=O) groups excluding carboxylic acids is 2. The van der Waals surface area contributed by atoms with Crippen LogP contribution in [0.2, 0.25) is 0 Å². The van der Waals surface area contributed by atoms with Crippen molar-refractivity contribution < 1.29 is 18.5 Å². The quantitative estimate of drug-likeness (QED) is 0.553. The lowest BCUT2D eigenvalue weighted by atomic mass is 9.96. The van der Waals surface area contributed by atoms with Gasteiger partial charge in [-0.3, -0.25) is 14.2 Å². The molecule has 1 N–H and O–H groups in total. The summed E-state index contributed by atoms with van der Waals surface area (Å²) >= 11 is 1.36. The molecule has 0 saturated carbocycles. The van der Waals surface area contributed by atoms with Gasteiger partial charge >= 0.3 is 0 Å². The Morgan fingerprint density at radius 2 is 2.10 bits per heavy atom. The minimum absolute atomic E-state index is 0.0289. The Balaban J connectivity index is 1.27. The lowest BCUT2D eigenvalue weighted by Gasteiger charge is -2.31. The molecule has 11 heteroatoms. The van der Waals surface area contributed by atoms with Gasteiger partial charge in [0.15, 0.2) is 22.6 Å². The van der Waals surface area contributed by atoms with Gasteiger partial charge in [0.05, 0.1) is 12.0 Å². The topological polar surface area (TPSA) is 119 Å². The van der Waals surface area contributed by atoms with Gasteiger partial charge in [-0.15, -0.1) is 10.2 Å². The predicted octanol–water partition coefficient (Wildman–Crippen LogP) is 2.82. The first-order chi connectivity index (χ1) is 15.0. The molecule has 0 atom stereocenters. The smallest absolute Gasteiger partial charge is 0.233 e. The maximum atomic E-state index is 12.7. The molecule has 1 aliphatic rings. The van der Waals surface area contributed by atoms with E-state index in [0.29, 0.717) is 60.8 Å². The van der Waals surface area contributed by atoms with Crippen molar-refractivity contribution in [2.24, 2.45) is 5.92 Å². The molecule has 0 unspecified atom stereocenters. The summed E-state index contributed by atoms with van der Waals surface area (Å²) in [6.45, 7) is 5.54. The summed E-state index contributed by atoms with van der Waals surface area (Å²) in [4.78, 5) is 26.9. The minimum atomic E-state index is -0.146. The molecule has 2 amide bonds. The molecule has 164 valence electrons. The second kappa shape index (κ2) is 9.38. The van der Waals surface area contributed by atoms with E-state index in [1.807, 2.05) is 17.6 Å². The van der Waals surface area contributed by atoms with Gasteiger partial charge in [-0.05, 0) is 38.8 Å². The number of aryl methyl sites for hydroxylation is 1. The summed E-state index contributed by atoms with van der Waals surface area (Å²) in [7, 11) is 0. The van der Waals surface area contributed by atoms with E-state index in [0.717, 1.165) is 0 Å². The Kier molecular flexibility index (Phi) is 6.40. The van der Waals surface area contributed by atoms with Crippen LogP contribution >= 0.6 is 11.8 Å². The van der Waals surface area contributed by atoms with Crippen molar-refractivity contribution in [1.82, 2.24) is 24.8 Å². The molecule has 4 rings (SSSR count). The summed E-state index contributed by atoms with van der Waals surface area (Å²) in [5.74, 6) is 2.43. The fourth-order valence-corrected chi connectivity index (χ4v) is 4.44. The number of carbonyl (C=O) groups is 2. The lowest BCUT2D eigenvalue weighted by molar-refractivity contribution is -0.132. The van der Waals surface area contributed by atoms with Gasteiger partial charge < -0.3 is 19.2 Å². The van der Waals surface area contributed by atoms with Crippen LogP contribution in [0, 0.1) is 12.8 Å². The molecule has 0 radical (unpaired) electrons. The zero-order valence-electron chi connectivity index (χ0n) is 17.4. The maximum Gasteiger partial charge on any atom is 0.233 e. The highest BCUT2D eigenvalue weighted by Crippen LogP contribution is 2.25. The number of anilines is 1. The standard InChI is InChI=1S/C20H24N6O4S/c1-3-26-18(15-5-4-10-29-15)22-23-20(26)31-12-17(27)25-8-6-14(7-9-25)19(28)21-16-11-13(2)30-24-16/h4-5,10-11,14H,3,6-9,12H2,1-2H3,(H,21,24,28). The van der Waals surface area contributed by atoms with Gasteiger partial charge in [-0.1, -0.05) is 16.9 Å². The zero-order chi connectivity index (χ0) is 21.8. The van der Waals surface area contributed by atoms with Crippen LogP contribution in [-0.4, -0.2) is 55.5 Å². The van der Waals surface area contributed by atoms with E-state index in [1.165, 1.54) is 11.8 Å². The molecule has 1 fully saturated rings. The number of piperidine rings is 1. The third kappa shape index (κ3) is 4.82. The van der Waals surface area contributed by atoms with Gasteiger partial charge in [-0.2, -0.15) is 0 Å². The van der Waals surface area contributed by atoms with E-state index in [1.54, 1.807) is 30.2 Å². The monoisotopic (exact) mass is 444 g/mol. The minimum Gasteiger partial charge on any atom is -0.461 e. The highest BCUT2D eigenvalue weighted by Gasteiger charge is 2.28. The number of hydrogen-bond donors (Lipinski definition) is 1. The number of furan rings is 1. The largest absolute Gasteiger partial charge is 0.461 e. The van der Waals surface area contributed by atoms with Crippen LogP contribution in [0.5, 0.6) is 0 Å². The first kappa shape index (κ1) is 21.2. The summed E-state index contributed by atoms with van der Waals surface area (Å²) in [6, 6.07) is 5.32. The first-order valence-corrected chi connectivity index (χ1v) is 11.2. The van der Waals surface area contributed by atoms with E-state index >= 15 is 0 Å². The Morgan fingerprint density at radius 3 is 2.74 bits per heavy atom. The molecule has 0 aromatic carbocycles. The molecule has 0 spiro atoms. The van der Waals surface area contributed by atoms with Crippen molar-refractivity contribution in [2.45, 2.75) is 38.4 Å². The lowest BCUT2D eigenvalue weighted by Crippen LogP contribution is -2.42. The molecule has 3 aromatic heterocycles. The number of thioether (sulfide) groups is 1. The molecule has 0 aliphatic carbocycles. The third-order valence-electron chi connectivity index (χ3n) is 5.20. The average Bonchev–Trinajstić information content (AvgIpc) is 3.52. The highest BCUT2D eigenvalue weighted by atomic mass is 32.2. The number of rotatable bonds is 7. The summed E-state index contributed by atoms with van der Waals surface area (Å²) < 4.78 is 12.3. The number of amides is 2. The maximum absolute atomic E-state index is 12.7. The van der Waals surface area contributed by atoms with E-state index in [9.17, 15) is 9.59 Å². The van der Waals surface area contributed by atoms with Crippen LogP contribution in [0.1, 0.15) is 25.5 Å². The Labute approximate surface area is 183 Å². The second-order valence-corrected chi connectivity index (χ2v) is 8.23. The summed E-state index contributed by atoms with van der Waals surface area (Å²) in [5, 5.41) is 15.7. The number of hydrogen-bond acceptors (Lipinski definition) is 8. The number of nitrogens with one attached hydrogen (secondary N) is 1. The molecule has 10 nitrogen and oxygen atoms in total. The SMILES string of the molecule is CCn1c(SCC(=O)N2CCC(C(=O)Nc3cc(C)on3)CC2)nnc1-c1ccco1. The van der Waals surface area contributed by atoms with Crippen molar-refractivity contribution in [1.29, 1.82) is 0 Å². The van der Waals surface area contributed by atoms with Gasteiger partial charge in [0.25, 0.3) is 0 Å². The predicted molar refractivity (Wildman–Crippen MR) is 113 cm³/mol. The third-order valence-corrected chi connectivity index (χ3v) is 6.15. The van der Waals surface area contributed by atoms with Crippen LogP contribution in [0.4, 0.5) is 5.82 Å². The molecule has 1 saturated heterocycles. The van der Waals surface area contributed by atoms with Crippen LogP contribution < -0.4 is 5.32 Å².